The van der Waals surface area contributed by atoms with Crippen LogP contribution in [-0.4, -0.2) is 28.0 Å². The second kappa shape index (κ2) is 4.61. The Morgan fingerprint density at radius 2 is 1.57 bits per heavy atom. The molecule has 0 unspecified atom stereocenters. The number of phenols is 1. The summed E-state index contributed by atoms with van der Waals surface area (Å²) < 4.78 is 31.7. The Bertz CT molecular complexity index is 1200. The number of nitrogens with zero attached hydrogens (tertiary/aromatic N) is 2. The second-order valence-corrected chi connectivity index (χ2v) is 6.58. The highest BCUT2D eigenvalue weighted by Crippen LogP contribution is 2.32. The third-order valence-electron chi connectivity index (χ3n) is 3.69. The Hall–Kier alpha value is -2.77. The Balaban J connectivity index is 2.16. The fourth-order valence-electron chi connectivity index (χ4n) is 2.63. The van der Waals surface area contributed by atoms with Gasteiger partial charge in [-0.2, -0.15) is 8.42 Å². The summed E-state index contributed by atoms with van der Waals surface area (Å²) in [5, 5.41) is 11.5. The number of aromatic nitrogens is 2. The molecule has 0 aliphatic heterocycles. The maximum absolute atomic E-state index is 11.3. The lowest BCUT2D eigenvalue weighted by Crippen LogP contribution is -1.98. The van der Waals surface area contributed by atoms with Crippen LogP contribution < -0.4 is 0 Å². The molecule has 7 heteroatoms. The molecule has 3 aromatic carbocycles. The molecular weight excluding hydrogens is 316 g/mol. The van der Waals surface area contributed by atoms with Gasteiger partial charge in [0.05, 0.1) is 27.0 Å². The zero-order valence-electron chi connectivity index (χ0n) is 11.6. The minimum atomic E-state index is -4.30. The minimum absolute atomic E-state index is 0.108. The summed E-state index contributed by atoms with van der Waals surface area (Å²) >= 11 is 0. The number of hydrogen-bond acceptors (Lipinski definition) is 5. The second-order valence-electron chi connectivity index (χ2n) is 5.16. The first-order chi connectivity index (χ1) is 10.9. The summed E-state index contributed by atoms with van der Waals surface area (Å²) in [5.41, 5.74) is 1.88. The molecule has 114 valence electrons. The Morgan fingerprint density at radius 1 is 0.826 bits per heavy atom. The largest absolute Gasteiger partial charge is 0.507 e. The van der Waals surface area contributed by atoms with Crippen molar-refractivity contribution in [3.05, 3.63) is 48.5 Å². The highest BCUT2D eigenvalue weighted by molar-refractivity contribution is 7.85. The summed E-state index contributed by atoms with van der Waals surface area (Å²) in [5.74, 6) is 0.108. The molecule has 0 aliphatic carbocycles. The van der Waals surface area contributed by atoms with Crippen molar-refractivity contribution in [2.24, 2.45) is 0 Å². The van der Waals surface area contributed by atoms with E-state index in [0.29, 0.717) is 32.8 Å². The molecule has 6 nitrogen and oxygen atoms in total. The van der Waals surface area contributed by atoms with Crippen LogP contribution >= 0.6 is 0 Å². The van der Waals surface area contributed by atoms with Gasteiger partial charge in [0.1, 0.15) is 5.75 Å². The van der Waals surface area contributed by atoms with Gasteiger partial charge in [-0.1, -0.05) is 24.3 Å². The fourth-order valence-corrected chi connectivity index (χ4v) is 3.13. The van der Waals surface area contributed by atoms with Gasteiger partial charge in [0.25, 0.3) is 10.1 Å². The molecular formula is C16H10N2O4S. The summed E-state index contributed by atoms with van der Waals surface area (Å²) in [6.07, 6.45) is 0. The van der Waals surface area contributed by atoms with Crippen LogP contribution in [0.4, 0.5) is 0 Å². The van der Waals surface area contributed by atoms with Gasteiger partial charge in [0, 0.05) is 16.8 Å². The van der Waals surface area contributed by atoms with Gasteiger partial charge < -0.3 is 5.11 Å². The summed E-state index contributed by atoms with van der Waals surface area (Å²) in [4.78, 5) is 8.65. The standard InChI is InChI=1S/C16H10N2O4S/c19-15-8-14-16(11-4-2-1-3-10(11)15)18-13-7-9(23(20,21)22)5-6-12(13)17-14/h1-8,19H,(H,20,21,22). The highest BCUT2D eigenvalue weighted by Gasteiger charge is 2.13. The van der Waals surface area contributed by atoms with Gasteiger partial charge >= 0.3 is 0 Å². The normalized spacial score (nSPS) is 12.2. The van der Waals surface area contributed by atoms with Gasteiger partial charge in [0.15, 0.2) is 0 Å². The number of fused-ring (bicyclic) bond motifs is 4. The summed E-state index contributed by atoms with van der Waals surface area (Å²) in [6, 6.07) is 12.7. The van der Waals surface area contributed by atoms with Crippen molar-refractivity contribution in [2.75, 3.05) is 0 Å². The molecule has 4 rings (SSSR count). The van der Waals surface area contributed by atoms with Gasteiger partial charge in [0.2, 0.25) is 0 Å². The summed E-state index contributed by atoms with van der Waals surface area (Å²) in [6.45, 7) is 0. The SMILES string of the molecule is O=S(=O)(O)c1ccc2nc3cc(O)c4ccccc4c3nc2c1. The predicted molar refractivity (Wildman–Crippen MR) is 86.0 cm³/mol. The number of aromatic hydroxyl groups is 1. The topological polar surface area (TPSA) is 100 Å². The Kier molecular flexibility index (Phi) is 2.78. The zero-order chi connectivity index (χ0) is 16.2. The van der Waals surface area contributed by atoms with Crippen LogP contribution in [-0.2, 0) is 10.1 Å². The molecule has 0 saturated heterocycles. The van der Waals surface area contributed by atoms with Crippen LogP contribution in [0.1, 0.15) is 0 Å². The van der Waals surface area contributed by atoms with E-state index in [1.165, 1.54) is 24.3 Å². The molecule has 23 heavy (non-hydrogen) atoms. The van der Waals surface area contributed by atoms with Crippen LogP contribution in [0.25, 0.3) is 32.8 Å². The average Bonchev–Trinajstić information content (AvgIpc) is 2.52. The number of benzene rings is 3. The van der Waals surface area contributed by atoms with E-state index < -0.39 is 10.1 Å². The lowest BCUT2D eigenvalue weighted by molar-refractivity contribution is 0.481. The van der Waals surface area contributed by atoms with Gasteiger partial charge in [-0.15, -0.1) is 0 Å². The van der Waals surface area contributed by atoms with Gasteiger partial charge in [-0.05, 0) is 18.2 Å². The molecule has 0 aliphatic rings. The molecule has 0 spiro atoms. The van der Waals surface area contributed by atoms with Crippen LogP contribution in [0.3, 0.4) is 0 Å². The Morgan fingerprint density at radius 3 is 2.30 bits per heavy atom. The molecule has 0 radical (unpaired) electrons. The first kappa shape index (κ1) is 13.9. The molecule has 0 amide bonds. The molecule has 0 saturated carbocycles. The van der Waals surface area contributed by atoms with E-state index in [1.54, 1.807) is 12.1 Å². The number of hydrogen-bond donors (Lipinski definition) is 2. The Labute approximate surface area is 130 Å². The first-order valence-electron chi connectivity index (χ1n) is 6.73. The van der Waals surface area contributed by atoms with Crippen LogP contribution in [0.15, 0.2) is 53.4 Å². The van der Waals surface area contributed by atoms with E-state index in [9.17, 15) is 13.5 Å². The van der Waals surface area contributed by atoms with E-state index in [2.05, 4.69) is 9.97 Å². The molecule has 1 heterocycles. The molecule has 0 atom stereocenters. The first-order valence-corrected chi connectivity index (χ1v) is 8.17. The molecule has 4 aromatic rings. The van der Waals surface area contributed by atoms with Gasteiger partial charge in [-0.25, -0.2) is 9.97 Å². The van der Waals surface area contributed by atoms with E-state index in [0.717, 1.165) is 0 Å². The third kappa shape index (κ3) is 2.18. The van der Waals surface area contributed by atoms with Crippen molar-refractivity contribution in [3.63, 3.8) is 0 Å². The van der Waals surface area contributed by atoms with Gasteiger partial charge in [-0.3, -0.25) is 4.55 Å². The third-order valence-corrected chi connectivity index (χ3v) is 4.54. The molecule has 0 bridgehead atoms. The van der Waals surface area contributed by atoms with Crippen molar-refractivity contribution in [3.8, 4) is 5.75 Å². The fraction of sp³-hybridized carbons (Fsp3) is 0. The van der Waals surface area contributed by atoms with Crippen LogP contribution in [0, 0.1) is 0 Å². The summed E-state index contributed by atoms with van der Waals surface area (Å²) in [7, 11) is -4.30. The molecule has 0 fully saturated rings. The van der Waals surface area contributed by atoms with E-state index in [4.69, 9.17) is 4.55 Å². The molecule has 2 N–H and O–H groups in total. The monoisotopic (exact) mass is 326 g/mol. The van der Waals surface area contributed by atoms with Crippen molar-refractivity contribution in [1.82, 2.24) is 9.97 Å². The molecule has 1 aromatic heterocycles. The number of rotatable bonds is 1. The smallest absolute Gasteiger partial charge is 0.294 e. The van der Waals surface area contributed by atoms with Crippen LogP contribution in [0.2, 0.25) is 0 Å². The van der Waals surface area contributed by atoms with Crippen molar-refractivity contribution >= 4 is 43.0 Å². The quantitative estimate of drug-likeness (QED) is 0.317. The highest BCUT2D eigenvalue weighted by atomic mass is 32.2. The van der Waals surface area contributed by atoms with Crippen molar-refractivity contribution in [2.45, 2.75) is 4.90 Å². The zero-order valence-corrected chi connectivity index (χ0v) is 12.4. The lowest BCUT2D eigenvalue weighted by Gasteiger charge is -2.07. The lowest BCUT2D eigenvalue weighted by atomic mass is 10.1. The predicted octanol–water partition coefficient (Wildman–Crippen LogP) is 2.89. The van der Waals surface area contributed by atoms with Crippen LogP contribution in [0.5, 0.6) is 5.75 Å². The van der Waals surface area contributed by atoms with E-state index >= 15 is 0 Å². The van der Waals surface area contributed by atoms with Crippen molar-refractivity contribution in [1.29, 1.82) is 0 Å². The maximum Gasteiger partial charge on any atom is 0.294 e. The van der Waals surface area contributed by atoms with Crippen molar-refractivity contribution < 1.29 is 18.1 Å². The minimum Gasteiger partial charge on any atom is -0.507 e. The van der Waals surface area contributed by atoms with E-state index in [1.807, 2.05) is 12.1 Å². The maximum atomic E-state index is 11.3. The average molecular weight is 326 g/mol. The van der Waals surface area contributed by atoms with E-state index in [-0.39, 0.29) is 10.6 Å². The number of phenolic OH excluding ortho intramolecular Hbond substituents is 1.